The lowest BCUT2D eigenvalue weighted by atomic mass is 9.94. The standard InChI is InChI=1S/C13H17N3O4/c1-15(9-5-3-2-4-6-9)12-7-10(13(17)18)11(8-14-12)16(19)20/h7-9H,2-6H2,1H3,(H,17,18). The van der Waals surface area contributed by atoms with Gasteiger partial charge in [-0.05, 0) is 12.8 Å². The van der Waals surface area contributed by atoms with Crippen LogP contribution in [-0.4, -0.2) is 34.1 Å². The highest BCUT2D eigenvalue weighted by molar-refractivity contribution is 5.93. The van der Waals surface area contributed by atoms with Crippen molar-refractivity contribution in [3.05, 3.63) is 27.9 Å². The highest BCUT2D eigenvalue weighted by Gasteiger charge is 2.24. The van der Waals surface area contributed by atoms with Crippen LogP contribution in [0.2, 0.25) is 0 Å². The summed E-state index contributed by atoms with van der Waals surface area (Å²) in [6.45, 7) is 0. The van der Waals surface area contributed by atoms with Crippen LogP contribution < -0.4 is 4.90 Å². The first-order valence-corrected chi connectivity index (χ1v) is 6.61. The van der Waals surface area contributed by atoms with E-state index in [1.165, 1.54) is 12.5 Å². The van der Waals surface area contributed by atoms with Gasteiger partial charge in [-0.25, -0.2) is 9.78 Å². The van der Waals surface area contributed by atoms with Gasteiger partial charge >= 0.3 is 11.7 Å². The minimum absolute atomic E-state index is 0.317. The molecular formula is C13H17N3O4. The third kappa shape index (κ3) is 2.87. The second kappa shape index (κ2) is 5.85. The molecular weight excluding hydrogens is 262 g/mol. The highest BCUT2D eigenvalue weighted by atomic mass is 16.6. The molecule has 0 amide bonds. The predicted molar refractivity (Wildman–Crippen MR) is 73.1 cm³/mol. The van der Waals surface area contributed by atoms with Crippen molar-refractivity contribution >= 4 is 17.5 Å². The van der Waals surface area contributed by atoms with Crippen molar-refractivity contribution in [2.45, 2.75) is 38.1 Å². The Balaban J connectivity index is 2.30. The number of hydrogen-bond acceptors (Lipinski definition) is 5. The molecule has 1 aliphatic carbocycles. The molecule has 108 valence electrons. The summed E-state index contributed by atoms with van der Waals surface area (Å²) in [7, 11) is 1.86. The van der Waals surface area contributed by atoms with Gasteiger partial charge < -0.3 is 10.0 Å². The van der Waals surface area contributed by atoms with E-state index < -0.39 is 16.6 Å². The molecule has 1 aromatic heterocycles. The number of aromatic nitrogens is 1. The van der Waals surface area contributed by atoms with Gasteiger partial charge in [0, 0.05) is 19.2 Å². The van der Waals surface area contributed by atoms with E-state index in [1.54, 1.807) is 0 Å². The van der Waals surface area contributed by atoms with Crippen molar-refractivity contribution in [2.75, 3.05) is 11.9 Å². The SMILES string of the molecule is CN(c1cc(C(=O)O)c([N+](=O)[O-])cn1)C1CCCCC1. The lowest BCUT2D eigenvalue weighted by molar-refractivity contribution is -0.385. The van der Waals surface area contributed by atoms with Crippen molar-refractivity contribution < 1.29 is 14.8 Å². The maximum absolute atomic E-state index is 11.1. The number of nitrogens with zero attached hydrogens (tertiary/aromatic N) is 3. The summed E-state index contributed by atoms with van der Waals surface area (Å²) >= 11 is 0. The first-order valence-electron chi connectivity index (χ1n) is 6.61. The molecule has 0 radical (unpaired) electrons. The molecule has 0 bridgehead atoms. The van der Waals surface area contributed by atoms with Gasteiger partial charge in [0.2, 0.25) is 0 Å². The lowest BCUT2D eigenvalue weighted by Crippen LogP contribution is -2.34. The van der Waals surface area contributed by atoms with Crippen molar-refractivity contribution in [2.24, 2.45) is 0 Å². The van der Waals surface area contributed by atoms with E-state index in [2.05, 4.69) is 4.98 Å². The van der Waals surface area contributed by atoms with E-state index in [4.69, 9.17) is 5.11 Å². The van der Waals surface area contributed by atoms with E-state index in [0.717, 1.165) is 31.9 Å². The predicted octanol–water partition coefficient (Wildman–Crippen LogP) is 2.46. The molecule has 7 nitrogen and oxygen atoms in total. The molecule has 1 aliphatic rings. The van der Waals surface area contributed by atoms with Crippen LogP contribution in [0.1, 0.15) is 42.5 Å². The van der Waals surface area contributed by atoms with Crippen molar-refractivity contribution in [1.29, 1.82) is 0 Å². The fourth-order valence-electron chi connectivity index (χ4n) is 2.60. The number of anilines is 1. The third-order valence-corrected chi connectivity index (χ3v) is 3.78. The van der Waals surface area contributed by atoms with Crippen molar-refractivity contribution in [3.8, 4) is 0 Å². The highest BCUT2D eigenvalue weighted by Crippen LogP contribution is 2.27. The smallest absolute Gasteiger partial charge is 0.342 e. The molecule has 0 aromatic carbocycles. The lowest BCUT2D eigenvalue weighted by Gasteiger charge is -2.32. The minimum atomic E-state index is -1.31. The third-order valence-electron chi connectivity index (χ3n) is 3.78. The second-order valence-corrected chi connectivity index (χ2v) is 5.02. The van der Waals surface area contributed by atoms with Crippen LogP contribution in [0.3, 0.4) is 0 Å². The van der Waals surface area contributed by atoms with Crippen LogP contribution >= 0.6 is 0 Å². The van der Waals surface area contributed by atoms with Gasteiger partial charge in [-0.15, -0.1) is 0 Å². The van der Waals surface area contributed by atoms with E-state index in [-0.39, 0.29) is 5.56 Å². The van der Waals surface area contributed by atoms with Gasteiger partial charge in [0.05, 0.1) is 4.92 Å². The Bertz CT molecular complexity index is 526. The number of pyridine rings is 1. The van der Waals surface area contributed by atoms with Gasteiger partial charge in [0.15, 0.2) is 0 Å². The summed E-state index contributed by atoms with van der Waals surface area (Å²) in [5.41, 5.74) is -0.791. The Morgan fingerprint density at radius 3 is 2.65 bits per heavy atom. The van der Waals surface area contributed by atoms with Crippen LogP contribution in [0.25, 0.3) is 0 Å². The van der Waals surface area contributed by atoms with Gasteiger partial charge in [0.25, 0.3) is 0 Å². The Morgan fingerprint density at radius 2 is 2.10 bits per heavy atom. The van der Waals surface area contributed by atoms with Gasteiger partial charge in [-0.2, -0.15) is 0 Å². The summed E-state index contributed by atoms with van der Waals surface area (Å²) < 4.78 is 0. The Morgan fingerprint density at radius 1 is 1.45 bits per heavy atom. The first kappa shape index (κ1) is 14.2. The van der Waals surface area contributed by atoms with Crippen LogP contribution in [0.5, 0.6) is 0 Å². The normalized spacial score (nSPS) is 15.8. The summed E-state index contributed by atoms with van der Waals surface area (Å²) in [5.74, 6) is -0.836. The van der Waals surface area contributed by atoms with E-state index >= 15 is 0 Å². The van der Waals surface area contributed by atoms with Crippen LogP contribution in [0.15, 0.2) is 12.3 Å². The molecule has 20 heavy (non-hydrogen) atoms. The van der Waals surface area contributed by atoms with E-state index in [9.17, 15) is 14.9 Å². The van der Waals surface area contributed by atoms with E-state index in [1.807, 2.05) is 11.9 Å². The van der Waals surface area contributed by atoms with Crippen LogP contribution in [0.4, 0.5) is 11.5 Å². The largest absolute Gasteiger partial charge is 0.477 e. The number of carbonyl (C=O) groups is 1. The average molecular weight is 279 g/mol. The van der Waals surface area contributed by atoms with Crippen LogP contribution in [0, 0.1) is 10.1 Å². The number of carboxylic acid groups (broad SMARTS) is 1. The fraction of sp³-hybridized carbons (Fsp3) is 0.538. The number of carboxylic acids is 1. The molecule has 0 atom stereocenters. The maximum Gasteiger partial charge on any atom is 0.342 e. The molecule has 2 rings (SSSR count). The van der Waals surface area contributed by atoms with E-state index in [0.29, 0.717) is 11.9 Å². The zero-order valence-electron chi connectivity index (χ0n) is 11.3. The quantitative estimate of drug-likeness (QED) is 0.671. The summed E-state index contributed by atoms with van der Waals surface area (Å²) in [5, 5.41) is 19.9. The molecule has 0 spiro atoms. The second-order valence-electron chi connectivity index (χ2n) is 5.02. The number of nitro groups is 1. The molecule has 0 saturated heterocycles. The van der Waals surface area contributed by atoms with Crippen LogP contribution in [-0.2, 0) is 0 Å². The summed E-state index contributed by atoms with van der Waals surface area (Å²) in [6, 6.07) is 1.61. The monoisotopic (exact) mass is 279 g/mol. The van der Waals surface area contributed by atoms with Gasteiger partial charge in [0.1, 0.15) is 17.6 Å². The zero-order valence-corrected chi connectivity index (χ0v) is 11.3. The fourth-order valence-corrected chi connectivity index (χ4v) is 2.60. The molecule has 0 unspecified atom stereocenters. The Kier molecular flexibility index (Phi) is 4.16. The molecule has 7 heteroatoms. The molecule has 0 aliphatic heterocycles. The minimum Gasteiger partial charge on any atom is -0.477 e. The number of rotatable bonds is 4. The zero-order chi connectivity index (χ0) is 14.7. The summed E-state index contributed by atoms with van der Waals surface area (Å²) in [6.07, 6.45) is 6.62. The molecule has 1 N–H and O–H groups in total. The molecule has 1 heterocycles. The first-order chi connectivity index (χ1) is 9.50. The maximum atomic E-state index is 11.1. The topological polar surface area (TPSA) is 96.6 Å². The number of hydrogen-bond donors (Lipinski definition) is 1. The number of aromatic carboxylic acids is 1. The Labute approximate surface area is 116 Å². The van der Waals surface area contributed by atoms with Gasteiger partial charge in [-0.3, -0.25) is 10.1 Å². The molecule has 1 fully saturated rings. The van der Waals surface area contributed by atoms with Gasteiger partial charge in [-0.1, -0.05) is 19.3 Å². The van der Waals surface area contributed by atoms with Crippen molar-refractivity contribution in [3.63, 3.8) is 0 Å². The van der Waals surface area contributed by atoms with Crippen molar-refractivity contribution in [1.82, 2.24) is 4.98 Å². The Hall–Kier alpha value is -2.18. The summed E-state index contributed by atoms with van der Waals surface area (Å²) in [4.78, 5) is 27.2. The molecule has 1 aromatic rings. The molecule has 1 saturated carbocycles. The average Bonchev–Trinajstić information content (AvgIpc) is 2.46.